The van der Waals surface area contributed by atoms with Crippen LogP contribution in [0.5, 0.6) is 0 Å². The lowest BCUT2D eigenvalue weighted by Crippen LogP contribution is -2.59. The summed E-state index contributed by atoms with van der Waals surface area (Å²) in [5, 5.41) is 2.55. The van der Waals surface area contributed by atoms with Crippen LogP contribution in [0.4, 0.5) is 0 Å². The highest BCUT2D eigenvalue weighted by Crippen LogP contribution is 2.16. The fraction of sp³-hybridized carbons (Fsp3) is 0.429. The summed E-state index contributed by atoms with van der Waals surface area (Å²) in [6.45, 7) is 4.90. The summed E-state index contributed by atoms with van der Waals surface area (Å²) in [5.74, 6) is -0.747. The Morgan fingerprint density at radius 1 is 1.80 bits per heavy atom. The van der Waals surface area contributed by atoms with Crippen LogP contribution in [0, 0.1) is 5.92 Å². The van der Waals surface area contributed by atoms with Crippen LogP contribution >= 0.6 is 0 Å². The maximum Gasteiger partial charge on any atom is 0.233 e. The summed E-state index contributed by atoms with van der Waals surface area (Å²) in [4.78, 5) is 21.4. The molecule has 3 heteroatoms. The van der Waals surface area contributed by atoms with E-state index in [0.29, 0.717) is 0 Å². The molecule has 1 aliphatic heterocycles. The van der Waals surface area contributed by atoms with Crippen LogP contribution in [0.15, 0.2) is 12.7 Å². The zero-order chi connectivity index (χ0) is 7.72. The first-order chi connectivity index (χ1) is 4.66. The SMILES string of the molecule is C=C[C@H]1NC(=O)[C@@H]1C(C)=O. The molecule has 0 saturated carbocycles. The fourth-order valence-electron chi connectivity index (χ4n) is 1.04. The highest BCUT2D eigenvalue weighted by Gasteiger charge is 2.40. The predicted octanol–water partition coefficient (Wildman–Crippen LogP) is -0.124. The molecule has 0 aromatic rings. The van der Waals surface area contributed by atoms with E-state index < -0.39 is 5.92 Å². The number of hydrogen-bond acceptors (Lipinski definition) is 2. The first-order valence-electron chi connectivity index (χ1n) is 3.10. The summed E-state index contributed by atoms with van der Waals surface area (Å²) in [7, 11) is 0. The molecule has 2 atom stereocenters. The first-order valence-corrected chi connectivity index (χ1v) is 3.10. The second-order valence-corrected chi connectivity index (χ2v) is 2.36. The van der Waals surface area contributed by atoms with E-state index in [9.17, 15) is 9.59 Å². The van der Waals surface area contributed by atoms with Crippen molar-refractivity contribution in [1.82, 2.24) is 5.32 Å². The number of amides is 1. The Labute approximate surface area is 59.1 Å². The van der Waals surface area contributed by atoms with Gasteiger partial charge in [-0.2, -0.15) is 0 Å². The van der Waals surface area contributed by atoms with Gasteiger partial charge in [-0.25, -0.2) is 0 Å². The van der Waals surface area contributed by atoms with Crippen molar-refractivity contribution in [2.75, 3.05) is 0 Å². The van der Waals surface area contributed by atoms with Crippen molar-refractivity contribution in [2.24, 2.45) is 5.92 Å². The molecule has 10 heavy (non-hydrogen) atoms. The van der Waals surface area contributed by atoms with Crippen LogP contribution < -0.4 is 5.32 Å². The molecule has 1 rings (SSSR count). The van der Waals surface area contributed by atoms with Gasteiger partial charge in [-0.15, -0.1) is 6.58 Å². The number of ketones is 1. The Morgan fingerprint density at radius 2 is 2.40 bits per heavy atom. The summed E-state index contributed by atoms with van der Waals surface area (Å²) < 4.78 is 0. The van der Waals surface area contributed by atoms with Crippen LogP contribution in [0.25, 0.3) is 0 Å². The molecular formula is C7H9NO2. The molecule has 1 aliphatic rings. The van der Waals surface area contributed by atoms with Gasteiger partial charge in [-0.1, -0.05) is 6.08 Å². The molecule has 54 valence electrons. The number of carbonyl (C=O) groups excluding carboxylic acids is 2. The number of β-lactam (4-membered cyclic amide) rings is 1. The van der Waals surface area contributed by atoms with Crippen molar-refractivity contribution < 1.29 is 9.59 Å². The molecule has 1 fully saturated rings. The van der Waals surface area contributed by atoms with Gasteiger partial charge in [0.25, 0.3) is 0 Å². The molecule has 1 amide bonds. The van der Waals surface area contributed by atoms with Crippen molar-refractivity contribution in [2.45, 2.75) is 13.0 Å². The van der Waals surface area contributed by atoms with Crippen molar-refractivity contribution in [1.29, 1.82) is 0 Å². The van der Waals surface area contributed by atoms with Gasteiger partial charge >= 0.3 is 0 Å². The number of nitrogens with one attached hydrogen (secondary N) is 1. The number of hydrogen-bond donors (Lipinski definition) is 1. The molecule has 0 aliphatic carbocycles. The highest BCUT2D eigenvalue weighted by molar-refractivity contribution is 6.06. The quantitative estimate of drug-likeness (QED) is 0.329. The van der Waals surface area contributed by atoms with Gasteiger partial charge in [-0.3, -0.25) is 9.59 Å². The molecule has 3 nitrogen and oxygen atoms in total. The Kier molecular flexibility index (Phi) is 1.57. The summed E-state index contributed by atoms with van der Waals surface area (Å²) in [6, 6.07) is -0.134. The van der Waals surface area contributed by atoms with Crippen LogP contribution in [0.1, 0.15) is 6.92 Å². The molecule has 0 spiro atoms. The van der Waals surface area contributed by atoms with Crippen molar-refractivity contribution in [3.8, 4) is 0 Å². The first kappa shape index (κ1) is 6.99. The van der Waals surface area contributed by atoms with Gasteiger partial charge in [-0.05, 0) is 6.92 Å². The molecule has 1 saturated heterocycles. The third kappa shape index (κ3) is 0.835. The second-order valence-electron chi connectivity index (χ2n) is 2.36. The summed E-state index contributed by atoms with van der Waals surface area (Å²) in [5.41, 5.74) is 0. The van der Waals surface area contributed by atoms with E-state index in [-0.39, 0.29) is 17.7 Å². The van der Waals surface area contributed by atoms with Crippen molar-refractivity contribution in [3.05, 3.63) is 12.7 Å². The largest absolute Gasteiger partial charge is 0.348 e. The maximum atomic E-state index is 10.7. The molecular weight excluding hydrogens is 130 g/mol. The van der Waals surface area contributed by atoms with E-state index in [1.54, 1.807) is 6.08 Å². The molecule has 1 heterocycles. The van der Waals surface area contributed by atoms with E-state index in [0.717, 1.165) is 0 Å². The van der Waals surface area contributed by atoms with Gasteiger partial charge in [0.05, 0.1) is 6.04 Å². The van der Waals surface area contributed by atoms with E-state index in [1.165, 1.54) is 6.92 Å². The zero-order valence-electron chi connectivity index (χ0n) is 5.76. The number of Topliss-reactive ketones (excluding diaryl/α,β-unsaturated/α-hetero) is 1. The lowest BCUT2D eigenvalue weighted by Gasteiger charge is -2.32. The minimum Gasteiger partial charge on any atom is -0.348 e. The standard InChI is InChI=1S/C7H9NO2/c1-3-5-6(4(2)9)7(10)8-5/h3,5-6H,1H2,2H3,(H,8,10)/t5-,6-/m1/s1. The second kappa shape index (κ2) is 2.25. The lowest BCUT2D eigenvalue weighted by atomic mass is 9.87. The van der Waals surface area contributed by atoms with Crippen molar-refractivity contribution in [3.63, 3.8) is 0 Å². The highest BCUT2D eigenvalue weighted by atomic mass is 16.2. The Bertz CT molecular complexity index is 190. The lowest BCUT2D eigenvalue weighted by molar-refractivity contribution is -0.141. The van der Waals surface area contributed by atoms with E-state index >= 15 is 0 Å². The number of carbonyl (C=O) groups is 2. The summed E-state index contributed by atoms with van der Waals surface area (Å²) >= 11 is 0. The van der Waals surface area contributed by atoms with E-state index in [1.807, 2.05) is 0 Å². The average molecular weight is 139 g/mol. The van der Waals surface area contributed by atoms with Crippen LogP contribution in [0.2, 0.25) is 0 Å². The minimum atomic E-state index is -0.475. The molecule has 1 N–H and O–H groups in total. The normalized spacial score (nSPS) is 30.3. The molecule has 0 aromatic heterocycles. The molecule has 0 bridgehead atoms. The van der Waals surface area contributed by atoms with Gasteiger partial charge < -0.3 is 5.32 Å². The third-order valence-electron chi connectivity index (χ3n) is 1.64. The third-order valence-corrected chi connectivity index (χ3v) is 1.64. The van der Waals surface area contributed by atoms with Crippen LogP contribution in [0.3, 0.4) is 0 Å². The van der Waals surface area contributed by atoms with E-state index in [4.69, 9.17) is 0 Å². The van der Waals surface area contributed by atoms with Crippen molar-refractivity contribution >= 4 is 11.7 Å². The fourth-order valence-corrected chi connectivity index (χ4v) is 1.04. The number of rotatable bonds is 2. The zero-order valence-corrected chi connectivity index (χ0v) is 5.76. The monoisotopic (exact) mass is 139 g/mol. The van der Waals surface area contributed by atoms with E-state index in [2.05, 4.69) is 11.9 Å². The molecule has 0 radical (unpaired) electrons. The maximum absolute atomic E-state index is 10.7. The van der Waals surface area contributed by atoms with Crippen LogP contribution in [-0.2, 0) is 9.59 Å². The minimum absolute atomic E-state index is 0.0892. The van der Waals surface area contributed by atoms with Gasteiger partial charge in [0.1, 0.15) is 11.7 Å². The van der Waals surface area contributed by atoms with Crippen LogP contribution in [-0.4, -0.2) is 17.7 Å². The smallest absolute Gasteiger partial charge is 0.233 e. The molecule has 0 unspecified atom stereocenters. The Morgan fingerprint density at radius 3 is 2.60 bits per heavy atom. The topological polar surface area (TPSA) is 46.2 Å². The van der Waals surface area contributed by atoms with Gasteiger partial charge in [0.15, 0.2) is 0 Å². The van der Waals surface area contributed by atoms with Gasteiger partial charge in [0, 0.05) is 0 Å². The average Bonchev–Trinajstić information content (AvgIpc) is 1.80. The summed E-state index contributed by atoms with van der Waals surface area (Å²) in [6.07, 6.45) is 1.58. The van der Waals surface area contributed by atoms with Gasteiger partial charge in [0.2, 0.25) is 5.91 Å². The Balaban J connectivity index is 2.64. The molecule has 0 aromatic carbocycles. The predicted molar refractivity (Wildman–Crippen MR) is 36.3 cm³/mol. The Hall–Kier alpha value is -1.12.